The average molecular weight is 371 g/mol. The smallest absolute Gasteiger partial charge is 0.243 e. The van der Waals surface area contributed by atoms with Gasteiger partial charge in [0.25, 0.3) is 0 Å². The van der Waals surface area contributed by atoms with Crippen LogP contribution in [0.15, 0.2) is 54.6 Å². The van der Waals surface area contributed by atoms with E-state index in [2.05, 4.69) is 5.32 Å². The average Bonchev–Trinajstić information content (AvgIpc) is 3.13. The van der Waals surface area contributed by atoms with Gasteiger partial charge in [0.1, 0.15) is 0 Å². The van der Waals surface area contributed by atoms with E-state index in [9.17, 15) is 9.59 Å². The second kappa shape index (κ2) is 7.92. The molecular formula is C21H23ClN2O2. The van der Waals surface area contributed by atoms with E-state index in [1.165, 1.54) is 4.90 Å². The molecule has 0 saturated heterocycles. The number of anilines is 1. The molecular weight excluding hydrogens is 348 g/mol. The van der Waals surface area contributed by atoms with Gasteiger partial charge in [-0.3, -0.25) is 9.59 Å². The van der Waals surface area contributed by atoms with Crippen LogP contribution < -0.4 is 5.32 Å². The van der Waals surface area contributed by atoms with Crippen molar-refractivity contribution in [3.63, 3.8) is 0 Å². The zero-order valence-corrected chi connectivity index (χ0v) is 15.6. The van der Waals surface area contributed by atoms with E-state index in [-0.39, 0.29) is 18.4 Å². The van der Waals surface area contributed by atoms with Crippen molar-refractivity contribution in [2.24, 2.45) is 0 Å². The molecule has 0 atom stereocenters. The zero-order chi connectivity index (χ0) is 18.6. The predicted molar refractivity (Wildman–Crippen MR) is 104 cm³/mol. The van der Waals surface area contributed by atoms with Gasteiger partial charge in [-0.05, 0) is 42.7 Å². The van der Waals surface area contributed by atoms with E-state index in [1.807, 2.05) is 54.6 Å². The molecule has 2 aromatic rings. The highest BCUT2D eigenvalue weighted by Gasteiger charge is 2.44. The van der Waals surface area contributed by atoms with Crippen molar-refractivity contribution in [2.75, 3.05) is 18.9 Å². The van der Waals surface area contributed by atoms with Gasteiger partial charge in [0, 0.05) is 17.8 Å². The Kier molecular flexibility index (Phi) is 5.62. The number of amides is 2. The zero-order valence-electron chi connectivity index (χ0n) is 14.9. The van der Waals surface area contributed by atoms with Crippen LogP contribution in [0.4, 0.5) is 5.69 Å². The van der Waals surface area contributed by atoms with E-state index < -0.39 is 5.41 Å². The Morgan fingerprint density at radius 2 is 1.77 bits per heavy atom. The first-order valence-corrected chi connectivity index (χ1v) is 9.25. The molecule has 0 aliphatic heterocycles. The van der Waals surface area contributed by atoms with Gasteiger partial charge in [-0.2, -0.15) is 0 Å². The van der Waals surface area contributed by atoms with Crippen LogP contribution in [-0.2, 0) is 15.0 Å². The summed E-state index contributed by atoms with van der Waals surface area (Å²) >= 11 is 6.16. The Morgan fingerprint density at radius 3 is 2.42 bits per heavy atom. The second-order valence-electron chi connectivity index (χ2n) is 6.87. The number of hydrogen-bond acceptors (Lipinski definition) is 2. The third-order valence-electron chi connectivity index (χ3n) is 5.03. The van der Waals surface area contributed by atoms with Gasteiger partial charge in [-0.25, -0.2) is 0 Å². The number of benzene rings is 2. The molecule has 0 aromatic heterocycles. The molecule has 1 aliphatic rings. The molecule has 5 heteroatoms. The van der Waals surface area contributed by atoms with E-state index >= 15 is 0 Å². The molecule has 4 nitrogen and oxygen atoms in total. The van der Waals surface area contributed by atoms with Crippen molar-refractivity contribution < 1.29 is 9.59 Å². The van der Waals surface area contributed by atoms with E-state index in [0.717, 1.165) is 36.9 Å². The van der Waals surface area contributed by atoms with Crippen molar-refractivity contribution in [1.29, 1.82) is 0 Å². The highest BCUT2D eigenvalue weighted by molar-refractivity contribution is 6.30. The highest BCUT2D eigenvalue weighted by atomic mass is 35.5. The lowest BCUT2D eigenvalue weighted by Gasteiger charge is -2.32. The Labute approximate surface area is 159 Å². The first-order valence-electron chi connectivity index (χ1n) is 8.88. The Morgan fingerprint density at radius 1 is 1.08 bits per heavy atom. The minimum absolute atomic E-state index is 0.0134. The minimum atomic E-state index is -0.577. The Hall–Kier alpha value is -2.33. The molecule has 0 spiro atoms. The lowest BCUT2D eigenvalue weighted by molar-refractivity contribution is -0.138. The van der Waals surface area contributed by atoms with E-state index in [4.69, 9.17) is 11.6 Å². The van der Waals surface area contributed by atoms with Crippen molar-refractivity contribution in [1.82, 2.24) is 4.90 Å². The third-order valence-corrected chi connectivity index (χ3v) is 5.26. The standard InChI is InChI=1S/C21H23ClN2O2/c1-24(15-19(25)23-18-10-3-2-4-11-18)20(26)21(12-5-6-13-21)16-8-7-9-17(22)14-16/h2-4,7-11,14H,5-6,12-13,15H2,1H3,(H,23,25). The van der Waals surface area contributed by atoms with Crippen LogP contribution in [-0.4, -0.2) is 30.3 Å². The second-order valence-corrected chi connectivity index (χ2v) is 7.31. The summed E-state index contributed by atoms with van der Waals surface area (Å²) in [5, 5.41) is 3.46. The molecule has 3 rings (SSSR count). The van der Waals surface area contributed by atoms with Crippen molar-refractivity contribution >= 4 is 29.1 Å². The van der Waals surface area contributed by atoms with Gasteiger partial charge in [0.2, 0.25) is 11.8 Å². The summed E-state index contributed by atoms with van der Waals surface area (Å²) in [7, 11) is 1.69. The summed E-state index contributed by atoms with van der Waals surface area (Å²) in [6.07, 6.45) is 3.58. The third kappa shape index (κ3) is 3.91. The van der Waals surface area contributed by atoms with Crippen molar-refractivity contribution in [3.05, 3.63) is 65.2 Å². The number of hydrogen-bond donors (Lipinski definition) is 1. The number of carbonyl (C=O) groups excluding carboxylic acids is 2. The molecule has 0 radical (unpaired) electrons. The fourth-order valence-corrected chi connectivity index (χ4v) is 3.96. The molecule has 0 unspecified atom stereocenters. The van der Waals surface area contributed by atoms with E-state index in [0.29, 0.717) is 5.02 Å². The molecule has 1 fully saturated rings. The molecule has 26 heavy (non-hydrogen) atoms. The maximum absolute atomic E-state index is 13.3. The van der Waals surface area contributed by atoms with Crippen LogP contribution in [0, 0.1) is 0 Å². The van der Waals surface area contributed by atoms with Gasteiger partial charge in [0.15, 0.2) is 0 Å². The fourth-order valence-electron chi connectivity index (χ4n) is 3.77. The predicted octanol–water partition coefficient (Wildman–Crippen LogP) is 4.25. The number of carbonyl (C=O) groups is 2. The number of halogens is 1. The van der Waals surface area contributed by atoms with Crippen LogP contribution in [0.5, 0.6) is 0 Å². The molecule has 1 saturated carbocycles. The number of para-hydroxylation sites is 1. The summed E-state index contributed by atoms with van der Waals surface area (Å²) < 4.78 is 0. The fraction of sp³-hybridized carbons (Fsp3) is 0.333. The molecule has 0 heterocycles. The summed E-state index contributed by atoms with van der Waals surface area (Å²) in [4.78, 5) is 27.1. The largest absolute Gasteiger partial charge is 0.336 e. The van der Waals surface area contributed by atoms with Crippen LogP contribution in [0.1, 0.15) is 31.2 Å². The SMILES string of the molecule is CN(CC(=O)Nc1ccccc1)C(=O)C1(c2cccc(Cl)c2)CCCC1. The Bertz CT molecular complexity index is 786. The lowest BCUT2D eigenvalue weighted by atomic mass is 9.77. The number of nitrogens with one attached hydrogen (secondary N) is 1. The normalized spacial score (nSPS) is 15.5. The minimum Gasteiger partial charge on any atom is -0.336 e. The van der Waals surface area contributed by atoms with Crippen molar-refractivity contribution in [2.45, 2.75) is 31.1 Å². The first kappa shape index (κ1) is 18.5. The maximum Gasteiger partial charge on any atom is 0.243 e. The van der Waals surface area contributed by atoms with Crippen LogP contribution in [0.2, 0.25) is 5.02 Å². The summed E-state index contributed by atoms with van der Waals surface area (Å²) in [6, 6.07) is 16.8. The molecule has 136 valence electrons. The first-order chi connectivity index (χ1) is 12.5. The van der Waals surface area contributed by atoms with Gasteiger partial charge in [-0.15, -0.1) is 0 Å². The number of likely N-dealkylation sites (N-methyl/N-ethyl adjacent to an activating group) is 1. The molecule has 2 aromatic carbocycles. The van der Waals surface area contributed by atoms with Crippen LogP contribution >= 0.6 is 11.6 Å². The topological polar surface area (TPSA) is 49.4 Å². The summed E-state index contributed by atoms with van der Waals surface area (Å²) in [5.41, 5.74) is 1.10. The number of rotatable bonds is 5. The van der Waals surface area contributed by atoms with Gasteiger partial charge >= 0.3 is 0 Å². The highest BCUT2D eigenvalue weighted by Crippen LogP contribution is 2.43. The van der Waals surface area contributed by atoms with Crippen LogP contribution in [0.3, 0.4) is 0 Å². The van der Waals surface area contributed by atoms with Gasteiger partial charge < -0.3 is 10.2 Å². The van der Waals surface area contributed by atoms with Crippen LogP contribution in [0.25, 0.3) is 0 Å². The van der Waals surface area contributed by atoms with Gasteiger partial charge in [0.05, 0.1) is 12.0 Å². The summed E-state index contributed by atoms with van der Waals surface area (Å²) in [6.45, 7) is 0.0239. The Balaban J connectivity index is 1.74. The maximum atomic E-state index is 13.3. The lowest BCUT2D eigenvalue weighted by Crippen LogP contribution is -2.46. The van der Waals surface area contributed by atoms with Gasteiger partial charge in [-0.1, -0.05) is 54.8 Å². The quantitative estimate of drug-likeness (QED) is 0.855. The molecule has 0 bridgehead atoms. The number of nitrogens with zero attached hydrogens (tertiary/aromatic N) is 1. The summed E-state index contributed by atoms with van der Waals surface area (Å²) in [5.74, 6) is -0.216. The molecule has 1 aliphatic carbocycles. The van der Waals surface area contributed by atoms with Crippen molar-refractivity contribution in [3.8, 4) is 0 Å². The van der Waals surface area contributed by atoms with E-state index in [1.54, 1.807) is 7.05 Å². The monoisotopic (exact) mass is 370 g/mol. The molecule has 1 N–H and O–H groups in total. The molecule has 2 amide bonds.